The van der Waals surface area contributed by atoms with E-state index in [4.69, 9.17) is 14.2 Å². The van der Waals surface area contributed by atoms with Crippen LogP contribution in [0.25, 0.3) is 11.3 Å². The van der Waals surface area contributed by atoms with Crippen molar-refractivity contribution in [2.24, 2.45) is 0 Å². The minimum absolute atomic E-state index is 0.0780. The van der Waals surface area contributed by atoms with Gasteiger partial charge >= 0.3 is 5.97 Å². The van der Waals surface area contributed by atoms with Crippen molar-refractivity contribution in [2.45, 2.75) is 6.42 Å². The molecule has 0 bridgehead atoms. The summed E-state index contributed by atoms with van der Waals surface area (Å²) in [6.07, 6.45) is 0.0780. The molecule has 0 aliphatic carbocycles. The molecule has 0 radical (unpaired) electrons. The van der Waals surface area contributed by atoms with Gasteiger partial charge in [-0.1, -0.05) is 36.4 Å². The van der Waals surface area contributed by atoms with Gasteiger partial charge in [-0.05, 0) is 12.1 Å². The lowest BCUT2D eigenvalue weighted by Crippen LogP contribution is -2.20. The molecule has 1 N–H and O–H groups in total. The van der Waals surface area contributed by atoms with Crippen molar-refractivity contribution in [2.75, 3.05) is 26.1 Å². The molecule has 29 heavy (non-hydrogen) atoms. The molecular formula is C21H20N2O5S. The van der Waals surface area contributed by atoms with Crippen LogP contribution in [0.4, 0.5) is 5.13 Å². The highest BCUT2D eigenvalue weighted by molar-refractivity contribution is 7.16. The molecule has 1 heterocycles. The SMILES string of the molecule is COC(=O)Cc1sc(NC(=O)COc2cccc(OC)c2)nc1-c1ccccc1. The molecule has 0 spiro atoms. The Balaban J connectivity index is 1.71. The monoisotopic (exact) mass is 412 g/mol. The average Bonchev–Trinajstić information content (AvgIpc) is 3.14. The van der Waals surface area contributed by atoms with E-state index in [1.165, 1.54) is 18.4 Å². The fourth-order valence-corrected chi connectivity index (χ4v) is 3.53. The van der Waals surface area contributed by atoms with Crippen molar-refractivity contribution in [1.82, 2.24) is 4.98 Å². The van der Waals surface area contributed by atoms with Gasteiger partial charge in [0.25, 0.3) is 5.91 Å². The molecule has 2 aromatic carbocycles. The molecule has 0 saturated heterocycles. The Bertz CT molecular complexity index is 988. The van der Waals surface area contributed by atoms with Crippen LogP contribution >= 0.6 is 11.3 Å². The van der Waals surface area contributed by atoms with Crippen LogP contribution in [-0.4, -0.2) is 37.7 Å². The highest BCUT2D eigenvalue weighted by Crippen LogP contribution is 2.31. The highest BCUT2D eigenvalue weighted by atomic mass is 32.1. The molecule has 0 saturated carbocycles. The molecule has 7 nitrogen and oxygen atoms in total. The van der Waals surface area contributed by atoms with Crippen LogP contribution in [0.2, 0.25) is 0 Å². The van der Waals surface area contributed by atoms with Crippen LogP contribution < -0.4 is 14.8 Å². The van der Waals surface area contributed by atoms with Crippen molar-refractivity contribution in [1.29, 1.82) is 0 Å². The Morgan fingerprint density at radius 3 is 2.52 bits per heavy atom. The molecule has 0 aliphatic heterocycles. The minimum Gasteiger partial charge on any atom is -0.497 e. The number of nitrogens with zero attached hydrogens (tertiary/aromatic N) is 1. The zero-order valence-electron chi connectivity index (χ0n) is 16.0. The van der Waals surface area contributed by atoms with Crippen molar-refractivity contribution in [3.63, 3.8) is 0 Å². The van der Waals surface area contributed by atoms with Crippen molar-refractivity contribution in [3.8, 4) is 22.8 Å². The maximum atomic E-state index is 12.3. The van der Waals surface area contributed by atoms with E-state index in [1.807, 2.05) is 30.3 Å². The molecule has 0 atom stereocenters. The number of methoxy groups -OCH3 is 2. The summed E-state index contributed by atoms with van der Waals surface area (Å²) in [5, 5.41) is 3.11. The van der Waals surface area contributed by atoms with Crippen LogP contribution in [0.15, 0.2) is 54.6 Å². The lowest BCUT2D eigenvalue weighted by molar-refractivity contribution is -0.139. The van der Waals surface area contributed by atoms with E-state index in [-0.39, 0.29) is 24.9 Å². The second kappa shape index (κ2) is 9.70. The van der Waals surface area contributed by atoms with Gasteiger partial charge in [0.05, 0.1) is 26.3 Å². The molecule has 1 aromatic heterocycles. The maximum absolute atomic E-state index is 12.3. The van der Waals surface area contributed by atoms with E-state index in [0.29, 0.717) is 27.2 Å². The number of amides is 1. The van der Waals surface area contributed by atoms with E-state index in [0.717, 1.165) is 5.56 Å². The second-order valence-corrected chi connectivity index (χ2v) is 7.01. The normalized spacial score (nSPS) is 10.3. The largest absolute Gasteiger partial charge is 0.497 e. The number of aromatic nitrogens is 1. The zero-order chi connectivity index (χ0) is 20.6. The summed E-state index contributed by atoms with van der Waals surface area (Å²) in [7, 11) is 2.90. The number of anilines is 1. The number of benzene rings is 2. The van der Waals surface area contributed by atoms with E-state index in [1.54, 1.807) is 31.4 Å². The molecule has 0 aliphatic rings. The number of carbonyl (C=O) groups excluding carboxylic acids is 2. The smallest absolute Gasteiger partial charge is 0.310 e. The average molecular weight is 412 g/mol. The summed E-state index contributed by atoms with van der Waals surface area (Å²) in [5.74, 6) is 0.439. The first-order valence-corrected chi connectivity index (χ1v) is 9.59. The third-order valence-electron chi connectivity index (χ3n) is 3.93. The Hall–Kier alpha value is -3.39. The number of nitrogens with one attached hydrogen (secondary N) is 1. The van der Waals surface area contributed by atoms with Crippen molar-refractivity contribution in [3.05, 3.63) is 59.5 Å². The summed E-state index contributed by atoms with van der Waals surface area (Å²) in [4.78, 5) is 29.2. The van der Waals surface area contributed by atoms with E-state index in [9.17, 15) is 9.59 Å². The number of hydrogen-bond acceptors (Lipinski definition) is 7. The summed E-state index contributed by atoms with van der Waals surface area (Å²) in [6, 6.07) is 16.5. The number of ether oxygens (including phenoxy) is 3. The molecule has 0 fully saturated rings. The first-order valence-electron chi connectivity index (χ1n) is 8.77. The van der Waals surface area contributed by atoms with E-state index in [2.05, 4.69) is 10.3 Å². The first-order chi connectivity index (χ1) is 14.1. The Kier molecular flexibility index (Phi) is 6.80. The van der Waals surface area contributed by atoms with Crippen molar-refractivity contribution >= 4 is 28.3 Å². The quantitative estimate of drug-likeness (QED) is 0.570. The lowest BCUT2D eigenvalue weighted by Gasteiger charge is -2.07. The molecule has 0 unspecified atom stereocenters. The van der Waals surface area contributed by atoms with Gasteiger partial charge in [-0.25, -0.2) is 4.98 Å². The van der Waals surface area contributed by atoms with Crippen LogP contribution in [0.5, 0.6) is 11.5 Å². The van der Waals surface area contributed by atoms with E-state index < -0.39 is 0 Å². The fraction of sp³-hybridized carbons (Fsp3) is 0.190. The summed E-state index contributed by atoms with van der Waals surface area (Å²) < 4.78 is 15.4. The topological polar surface area (TPSA) is 86.8 Å². The van der Waals surface area contributed by atoms with Crippen LogP contribution in [0.3, 0.4) is 0 Å². The van der Waals surface area contributed by atoms with E-state index >= 15 is 0 Å². The Morgan fingerprint density at radius 1 is 1.03 bits per heavy atom. The number of carbonyl (C=O) groups is 2. The van der Waals surface area contributed by atoms with Gasteiger partial charge in [0.2, 0.25) is 0 Å². The highest BCUT2D eigenvalue weighted by Gasteiger charge is 2.18. The molecule has 1 amide bonds. The Labute approximate surface area is 172 Å². The van der Waals surface area contributed by atoms with Gasteiger partial charge in [0.15, 0.2) is 11.7 Å². The summed E-state index contributed by atoms with van der Waals surface area (Å²) in [6.45, 7) is -0.181. The second-order valence-electron chi connectivity index (χ2n) is 5.93. The van der Waals surface area contributed by atoms with Crippen LogP contribution in [0, 0.1) is 0 Å². The standard InChI is InChI=1S/C21H20N2O5S/c1-26-15-9-6-10-16(11-15)28-13-18(24)22-21-23-20(14-7-4-3-5-8-14)17(29-21)12-19(25)27-2/h3-11H,12-13H2,1-2H3,(H,22,23,24). The minimum atomic E-state index is -0.370. The van der Waals surface area contributed by atoms with Gasteiger partial charge in [-0.15, -0.1) is 11.3 Å². The molecule has 8 heteroatoms. The predicted molar refractivity (Wildman–Crippen MR) is 110 cm³/mol. The van der Waals surface area contributed by atoms with Crippen molar-refractivity contribution < 1.29 is 23.8 Å². The van der Waals surface area contributed by atoms with Gasteiger partial charge in [0.1, 0.15) is 11.5 Å². The molecule has 150 valence electrons. The number of thiazole rings is 1. The summed E-state index contributed by atoms with van der Waals surface area (Å²) in [5.41, 5.74) is 1.50. The number of esters is 1. The maximum Gasteiger partial charge on any atom is 0.310 e. The fourth-order valence-electron chi connectivity index (χ4n) is 2.55. The lowest BCUT2D eigenvalue weighted by atomic mass is 10.1. The van der Waals surface area contributed by atoms with Crippen LogP contribution in [0.1, 0.15) is 4.88 Å². The third kappa shape index (κ3) is 5.55. The first kappa shape index (κ1) is 20.3. The Morgan fingerprint density at radius 2 is 1.79 bits per heavy atom. The number of rotatable bonds is 8. The van der Waals surface area contributed by atoms with Crippen LogP contribution in [-0.2, 0) is 20.7 Å². The van der Waals surface area contributed by atoms with Gasteiger partial charge in [0, 0.05) is 16.5 Å². The third-order valence-corrected chi connectivity index (χ3v) is 4.91. The molecular weight excluding hydrogens is 392 g/mol. The number of hydrogen-bond donors (Lipinski definition) is 1. The molecule has 3 rings (SSSR count). The predicted octanol–water partition coefficient (Wildman–Crippen LogP) is 3.55. The molecule has 3 aromatic rings. The van der Waals surface area contributed by atoms with Gasteiger partial charge < -0.3 is 14.2 Å². The zero-order valence-corrected chi connectivity index (χ0v) is 16.8. The summed E-state index contributed by atoms with van der Waals surface area (Å²) >= 11 is 1.23. The van der Waals surface area contributed by atoms with Gasteiger partial charge in [-0.3, -0.25) is 14.9 Å². The van der Waals surface area contributed by atoms with Gasteiger partial charge in [-0.2, -0.15) is 0 Å².